The van der Waals surface area contributed by atoms with Gasteiger partial charge in [0.05, 0.1) is 32.5 Å². The summed E-state index contributed by atoms with van der Waals surface area (Å²) in [6.07, 6.45) is 14.9. The molecule has 2 aliphatic rings. The zero-order chi connectivity index (χ0) is 22.5. The van der Waals surface area contributed by atoms with E-state index < -0.39 is 18.0 Å². The first-order chi connectivity index (χ1) is 15.0. The molecule has 0 aromatic carbocycles. The Kier molecular flexibility index (Phi) is 12.1. The van der Waals surface area contributed by atoms with Crippen molar-refractivity contribution in [3.63, 3.8) is 0 Å². The molecule has 4 atom stereocenters. The topological polar surface area (TPSA) is 85.2 Å². The first-order valence-electron chi connectivity index (χ1n) is 12.4. The van der Waals surface area contributed by atoms with Crippen LogP contribution >= 0.6 is 0 Å². The van der Waals surface area contributed by atoms with Crippen molar-refractivity contribution in [2.45, 2.75) is 108 Å². The third-order valence-electron chi connectivity index (χ3n) is 6.91. The highest BCUT2D eigenvalue weighted by Crippen LogP contribution is 2.41. The minimum absolute atomic E-state index is 0.0508. The summed E-state index contributed by atoms with van der Waals surface area (Å²) in [5.41, 5.74) is 0. The first kappa shape index (κ1) is 26.3. The van der Waals surface area contributed by atoms with Crippen LogP contribution in [0.15, 0.2) is 12.2 Å². The number of hydrogen-bond donors (Lipinski definition) is 2. The van der Waals surface area contributed by atoms with Crippen molar-refractivity contribution >= 4 is 5.97 Å². The summed E-state index contributed by atoms with van der Waals surface area (Å²) >= 11 is 0. The molecule has 1 heterocycles. The summed E-state index contributed by atoms with van der Waals surface area (Å²) in [4.78, 5) is 11.2. The third-order valence-corrected chi connectivity index (χ3v) is 6.91. The normalized spacial score (nSPS) is 27.9. The Morgan fingerprint density at radius 2 is 1.71 bits per heavy atom. The van der Waals surface area contributed by atoms with Gasteiger partial charge in [0.15, 0.2) is 5.79 Å². The lowest BCUT2D eigenvalue weighted by Gasteiger charge is -2.31. The van der Waals surface area contributed by atoms with E-state index in [0.29, 0.717) is 26.1 Å². The fourth-order valence-corrected chi connectivity index (χ4v) is 5.04. The van der Waals surface area contributed by atoms with Crippen LogP contribution in [0.1, 0.15) is 90.4 Å². The molecule has 6 heteroatoms. The molecule has 0 spiro atoms. The molecule has 2 fully saturated rings. The van der Waals surface area contributed by atoms with Gasteiger partial charge in [-0.05, 0) is 50.4 Å². The van der Waals surface area contributed by atoms with E-state index in [9.17, 15) is 15.0 Å². The van der Waals surface area contributed by atoms with Crippen LogP contribution in [0.5, 0.6) is 0 Å². The number of methoxy groups -OCH3 is 1. The van der Waals surface area contributed by atoms with E-state index in [1.807, 2.05) is 0 Å². The molecule has 31 heavy (non-hydrogen) atoms. The van der Waals surface area contributed by atoms with Gasteiger partial charge >= 0.3 is 5.97 Å². The first-order valence-corrected chi connectivity index (χ1v) is 12.4. The van der Waals surface area contributed by atoms with Gasteiger partial charge in [-0.1, -0.05) is 44.8 Å². The highest BCUT2D eigenvalue weighted by molar-refractivity contribution is 5.69. The van der Waals surface area contributed by atoms with E-state index in [0.717, 1.165) is 44.9 Å². The molecule has 1 saturated carbocycles. The summed E-state index contributed by atoms with van der Waals surface area (Å²) < 4.78 is 16.7. The smallest absolute Gasteiger partial charge is 0.305 e. The molecule has 0 radical (unpaired) electrons. The lowest BCUT2D eigenvalue weighted by molar-refractivity contribution is -0.171. The van der Waals surface area contributed by atoms with Crippen molar-refractivity contribution in [1.82, 2.24) is 0 Å². The van der Waals surface area contributed by atoms with Crippen molar-refractivity contribution in [3.8, 4) is 0 Å². The van der Waals surface area contributed by atoms with Crippen LogP contribution in [0.2, 0.25) is 0 Å². The Bertz CT molecular complexity index is 528. The van der Waals surface area contributed by atoms with E-state index >= 15 is 0 Å². The number of unbranched alkanes of at least 4 members (excludes halogenated alkanes) is 5. The van der Waals surface area contributed by atoms with Crippen LogP contribution < -0.4 is 0 Å². The van der Waals surface area contributed by atoms with Crippen molar-refractivity contribution in [2.24, 2.45) is 11.8 Å². The van der Waals surface area contributed by atoms with Gasteiger partial charge in [-0.25, -0.2) is 0 Å². The van der Waals surface area contributed by atoms with Crippen LogP contribution in [0.3, 0.4) is 0 Å². The molecule has 180 valence electrons. The van der Waals surface area contributed by atoms with E-state index in [1.165, 1.54) is 32.8 Å². The highest BCUT2D eigenvalue weighted by Gasteiger charge is 2.43. The van der Waals surface area contributed by atoms with Gasteiger partial charge in [-0.3, -0.25) is 4.79 Å². The molecular weight excluding hydrogens is 396 g/mol. The number of hydrogen-bond acceptors (Lipinski definition) is 6. The van der Waals surface area contributed by atoms with Gasteiger partial charge in [-0.2, -0.15) is 0 Å². The quantitative estimate of drug-likeness (QED) is 0.221. The largest absolute Gasteiger partial charge is 0.469 e. The molecule has 0 aromatic heterocycles. The summed E-state index contributed by atoms with van der Waals surface area (Å²) in [6, 6.07) is 0. The zero-order valence-electron chi connectivity index (χ0n) is 19.6. The molecule has 1 aliphatic carbocycles. The zero-order valence-corrected chi connectivity index (χ0v) is 19.6. The van der Waals surface area contributed by atoms with Crippen LogP contribution in [0, 0.1) is 11.8 Å². The standard InChI is InChI=1S/C25H44O6/c1-3-4-5-8-11-15-25(30-17-18-31-25)16-14-21-20(22(26)19-23(21)27)12-9-6-7-10-13-24(28)29-2/h6,9,20-23,26-27H,3-5,7-8,10-19H2,1-2H3/b9-6-/t20-,21?,22+,23-/m1/s1. The van der Waals surface area contributed by atoms with E-state index in [2.05, 4.69) is 23.8 Å². The molecule has 2 rings (SSSR count). The molecule has 0 amide bonds. The molecule has 0 bridgehead atoms. The second kappa shape index (κ2) is 14.2. The fraction of sp³-hybridized carbons (Fsp3) is 0.880. The minimum atomic E-state index is -0.506. The second-order valence-corrected chi connectivity index (χ2v) is 9.18. The number of allylic oxidation sites excluding steroid dienone is 2. The van der Waals surface area contributed by atoms with Gasteiger partial charge in [-0.15, -0.1) is 0 Å². The predicted molar refractivity (Wildman–Crippen MR) is 120 cm³/mol. The Balaban J connectivity index is 1.80. The lowest BCUT2D eigenvalue weighted by atomic mass is 9.85. The SMILES string of the molecule is CCCCCCCC1(CCC2[C@H](O)C[C@H](O)[C@@H]2C/C=C\CCCC(=O)OC)OCCO1. The average Bonchev–Trinajstić information content (AvgIpc) is 3.33. The summed E-state index contributed by atoms with van der Waals surface area (Å²) in [7, 11) is 1.41. The molecule has 6 nitrogen and oxygen atoms in total. The summed E-state index contributed by atoms with van der Waals surface area (Å²) in [5.74, 6) is -0.582. The maximum Gasteiger partial charge on any atom is 0.305 e. The van der Waals surface area contributed by atoms with Gasteiger partial charge in [0, 0.05) is 19.3 Å². The predicted octanol–water partition coefficient (Wildman–Crippen LogP) is 4.52. The van der Waals surface area contributed by atoms with Crippen LogP contribution in [0.4, 0.5) is 0 Å². The van der Waals surface area contributed by atoms with Crippen molar-refractivity contribution in [2.75, 3.05) is 20.3 Å². The Labute approximate surface area is 188 Å². The Hall–Kier alpha value is -0.950. The lowest BCUT2D eigenvalue weighted by Crippen LogP contribution is -2.33. The van der Waals surface area contributed by atoms with Crippen LogP contribution in [-0.4, -0.2) is 54.5 Å². The number of carbonyl (C=O) groups excluding carboxylic acids is 1. The number of esters is 1. The third kappa shape index (κ3) is 8.83. The number of carbonyl (C=O) groups is 1. The Morgan fingerprint density at radius 1 is 1.00 bits per heavy atom. The highest BCUT2D eigenvalue weighted by atomic mass is 16.7. The summed E-state index contributed by atoms with van der Waals surface area (Å²) in [5, 5.41) is 21.1. The molecule has 0 aromatic rings. The number of aliphatic hydroxyl groups excluding tert-OH is 2. The van der Waals surface area contributed by atoms with Crippen LogP contribution in [-0.2, 0) is 19.0 Å². The maximum atomic E-state index is 11.2. The van der Waals surface area contributed by atoms with Crippen molar-refractivity contribution in [1.29, 1.82) is 0 Å². The number of aliphatic hydroxyl groups is 2. The Morgan fingerprint density at radius 3 is 2.42 bits per heavy atom. The van der Waals surface area contributed by atoms with E-state index in [-0.39, 0.29) is 17.8 Å². The summed E-state index contributed by atoms with van der Waals surface area (Å²) in [6.45, 7) is 3.51. The van der Waals surface area contributed by atoms with Crippen molar-refractivity contribution < 1.29 is 29.2 Å². The molecule has 2 N–H and O–H groups in total. The molecule has 1 unspecified atom stereocenters. The molecule has 1 aliphatic heterocycles. The van der Waals surface area contributed by atoms with Gasteiger partial charge in [0.2, 0.25) is 0 Å². The molecular formula is C25H44O6. The average molecular weight is 441 g/mol. The molecule has 1 saturated heterocycles. The van der Waals surface area contributed by atoms with Gasteiger partial charge in [0.25, 0.3) is 0 Å². The monoisotopic (exact) mass is 440 g/mol. The minimum Gasteiger partial charge on any atom is -0.469 e. The van der Waals surface area contributed by atoms with E-state index in [1.54, 1.807) is 0 Å². The second-order valence-electron chi connectivity index (χ2n) is 9.18. The maximum absolute atomic E-state index is 11.2. The van der Waals surface area contributed by atoms with Crippen molar-refractivity contribution in [3.05, 3.63) is 12.2 Å². The number of rotatable bonds is 15. The van der Waals surface area contributed by atoms with Gasteiger partial charge in [0.1, 0.15) is 0 Å². The fourth-order valence-electron chi connectivity index (χ4n) is 5.04. The van der Waals surface area contributed by atoms with Gasteiger partial charge < -0.3 is 24.4 Å². The van der Waals surface area contributed by atoms with E-state index in [4.69, 9.17) is 9.47 Å². The number of ether oxygens (including phenoxy) is 3. The van der Waals surface area contributed by atoms with Crippen LogP contribution in [0.25, 0.3) is 0 Å².